The van der Waals surface area contributed by atoms with Crippen molar-refractivity contribution in [2.24, 2.45) is 5.92 Å². The second-order valence-electron chi connectivity index (χ2n) is 3.74. The van der Waals surface area contributed by atoms with Gasteiger partial charge in [-0.15, -0.1) is 0 Å². The van der Waals surface area contributed by atoms with Crippen molar-refractivity contribution in [1.82, 2.24) is 0 Å². The average Bonchev–Trinajstić information content (AvgIpc) is 2.28. The van der Waals surface area contributed by atoms with E-state index in [0.717, 1.165) is 6.07 Å². The van der Waals surface area contributed by atoms with Gasteiger partial charge in [0.1, 0.15) is 6.07 Å². The number of carbonyl (C=O) groups excluding carboxylic acids is 1. The summed E-state index contributed by atoms with van der Waals surface area (Å²) in [5.74, 6) is -0.466. The van der Waals surface area contributed by atoms with Crippen LogP contribution < -0.4 is 5.32 Å². The third kappa shape index (κ3) is 3.01. The van der Waals surface area contributed by atoms with Gasteiger partial charge in [-0.05, 0) is 6.07 Å². The van der Waals surface area contributed by atoms with Crippen LogP contribution in [-0.2, 0) is 4.79 Å². The molecule has 0 heterocycles. The second-order valence-corrected chi connectivity index (χ2v) is 3.74. The summed E-state index contributed by atoms with van der Waals surface area (Å²) in [5, 5.41) is 21.9. The molecule has 0 aliphatic rings. The summed E-state index contributed by atoms with van der Waals surface area (Å²) in [6.45, 7) is 3.43. The van der Waals surface area contributed by atoms with E-state index in [0.29, 0.717) is 0 Å². The van der Waals surface area contributed by atoms with E-state index in [9.17, 15) is 14.9 Å². The second kappa shape index (κ2) is 5.07. The van der Waals surface area contributed by atoms with Crippen LogP contribution in [0.25, 0.3) is 0 Å². The molecule has 0 unspecified atom stereocenters. The van der Waals surface area contributed by atoms with Crippen molar-refractivity contribution < 1.29 is 9.72 Å². The molecule has 6 nitrogen and oxygen atoms in total. The van der Waals surface area contributed by atoms with Gasteiger partial charge in [-0.1, -0.05) is 13.8 Å². The van der Waals surface area contributed by atoms with Crippen LogP contribution in [0.5, 0.6) is 0 Å². The van der Waals surface area contributed by atoms with E-state index >= 15 is 0 Å². The number of nitriles is 1. The number of hydrogen-bond donors (Lipinski definition) is 1. The highest BCUT2D eigenvalue weighted by molar-refractivity contribution is 5.93. The molecule has 0 spiro atoms. The molecular weight excluding hydrogens is 222 g/mol. The summed E-state index contributed by atoms with van der Waals surface area (Å²) >= 11 is 0. The van der Waals surface area contributed by atoms with Gasteiger partial charge in [0.05, 0.1) is 16.2 Å². The number of nitrogens with zero attached hydrogens (tertiary/aromatic N) is 2. The van der Waals surface area contributed by atoms with E-state index in [1.807, 2.05) is 6.07 Å². The molecule has 0 aliphatic heterocycles. The van der Waals surface area contributed by atoms with Crippen molar-refractivity contribution in [2.45, 2.75) is 13.8 Å². The summed E-state index contributed by atoms with van der Waals surface area (Å²) in [7, 11) is 0. The molecule has 88 valence electrons. The molecule has 1 rings (SSSR count). The highest BCUT2D eigenvalue weighted by Crippen LogP contribution is 2.21. The third-order valence-corrected chi connectivity index (χ3v) is 2.12. The van der Waals surface area contributed by atoms with Gasteiger partial charge in [-0.3, -0.25) is 14.9 Å². The van der Waals surface area contributed by atoms with Crippen molar-refractivity contribution in [3.63, 3.8) is 0 Å². The van der Waals surface area contributed by atoms with Gasteiger partial charge in [-0.2, -0.15) is 5.26 Å². The molecule has 0 bridgehead atoms. The summed E-state index contributed by atoms with van der Waals surface area (Å²) in [6.07, 6.45) is 0. The Labute approximate surface area is 98.0 Å². The molecule has 0 atom stereocenters. The molecule has 1 aromatic carbocycles. The third-order valence-electron chi connectivity index (χ3n) is 2.12. The first-order valence-electron chi connectivity index (χ1n) is 4.95. The predicted octanol–water partition coefficient (Wildman–Crippen LogP) is 2.06. The maximum Gasteiger partial charge on any atom is 0.270 e. The zero-order chi connectivity index (χ0) is 13.0. The molecular formula is C11H11N3O3. The molecule has 1 N–H and O–H groups in total. The molecule has 0 saturated carbocycles. The van der Waals surface area contributed by atoms with E-state index in [-0.39, 0.29) is 28.8 Å². The Morgan fingerprint density at radius 3 is 2.65 bits per heavy atom. The van der Waals surface area contributed by atoms with Gasteiger partial charge in [-0.25, -0.2) is 0 Å². The number of amides is 1. The minimum atomic E-state index is -0.588. The highest BCUT2D eigenvalue weighted by Gasteiger charge is 2.13. The van der Waals surface area contributed by atoms with Crippen LogP contribution in [-0.4, -0.2) is 10.8 Å². The number of hydrogen-bond acceptors (Lipinski definition) is 4. The normalized spacial score (nSPS) is 9.76. The summed E-state index contributed by atoms with van der Waals surface area (Å²) in [5.41, 5.74) is 0.189. The molecule has 6 heteroatoms. The van der Waals surface area contributed by atoms with Gasteiger partial charge in [0, 0.05) is 18.1 Å². The van der Waals surface area contributed by atoms with Crippen LogP contribution in [0.1, 0.15) is 19.4 Å². The Morgan fingerprint density at radius 1 is 1.53 bits per heavy atom. The lowest BCUT2D eigenvalue weighted by Crippen LogP contribution is -2.18. The smallest absolute Gasteiger partial charge is 0.270 e. The molecule has 0 fully saturated rings. The van der Waals surface area contributed by atoms with Crippen LogP contribution in [0.2, 0.25) is 0 Å². The fourth-order valence-corrected chi connectivity index (χ4v) is 1.12. The molecule has 0 aliphatic carbocycles. The number of non-ortho nitro benzene ring substituents is 1. The largest absolute Gasteiger partial charge is 0.325 e. The Hall–Kier alpha value is -2.42. The van der Waals surface area contributed by atoms with Crippen molar-refractivity contribution >= 4 is 17.3 Å². The Balaban J connectivity index is 3.06. The van der Waals surface area contributed by atoms with E-state index in [1.165, 1.54) is 12.1 Å². The lowest BCUT2D eigenvalue weighted by atomic mass is 10.1. The summed E-state index contributed by atoms with van der Waals surface area (Å²) in [6, 6.07) is 5.56. The van der Waals surface area contributed by atoms with Crippen molar-refractivity contribution in [3.05, 3.63) is 33.9 Å². The fraction of sp³-hybridized carbons (Fsp3) is 0.273. The number of anilines is 1. The van der Waals surface area contributed by atoms with Crippen LogP contribution >= 0.6 is 0 Å². The predicted molar refractivity (Wildman–Crippen MR) is 61.3 cm³/mol. The average molecular weight is 233 g/mol. The molecule has 1 amide bonds. The zero-order valence-corrected chi connectivity index (χ0v) is 9.43. The number of benzene rings is 1. The van der Waals surface area contributed by atoms with Crippen LogP contribution in [0, 0.1) is 27.4 Å². The monoisotopic (exact) mass is 233 g/mol. The van der Waals surface area contributed by atoms with E-state index in [1.54, 1.807) is 13.8 Å². The minimum absolute atomic E-state index is 0.0770. The quantitative estimate of drug-likeness (QED) is 0.638. The van der Waals surface area contributed by atoms with Gasteiger partial charge in [0.2, 0.25) is 5.91 Å². The van der Waals surface area contributed by atoms with Crippen LogP contribution in [0.3, 0.4) is 0 Å². The summed E-state index contributed by atoms with van der Waals surface area (Å²) < 4.78 is 0. The lowest BCUT2D eigenvalue weighted by Gasteiger charge is -2.08. The Bertz CT molecular complexity index is 503. The van der Waals surface area contributed by atoms with Crippen molar-refractivity contribution in [1.29, 1.82) is 5.26 Å². The van der Waals surface area contributed by atoms with Crippen LogP contribution in [0.15, 0.2) is 18.2 Å². The SMILES string of the molecule is CC(C)C(=O)Nc1ccc([N+](=O)[O-])cc1C#N. The van der Waals surface area contributed by atoms with Crippen LogP contribution in [0.4, 0.5) is 11.4 Å². The van der Waals surface area contributed by atoms with Gasteiger partial charge in [0.15, 0.2) is 0 Å². The maximum atomic E-state index is 11.4. The van der Waals surface area contributed by atoms with Gasteiger partial charge < -0.3 is 5.32 Å². The molecule has 1 aromatic rings. The number of carbonyl (C=O) groups is 1. The first-order chi connectivity index (χ1) is 7.95. The first-order valence-corrected chi connectivity index (χ1v) is 4.95. The summed E-state index contributed by atoms with van der Waals surface area (Å²) in [4.78, 5) is 21.4. The van der Waals surface area contributed by atoms with Gasteiger partial charge >= 0.3 is 0 Å². The molecule has 0 aromatic heterocycles. The minimum Gasteiger partial charge on any atom is -0.325 e. The first kappa shape index (κ1) is 12.6. The number of nitro groups is 1. The Kier molecular flexibility index (Phi) is 3.78. The maximum absolute atomic E-state index is 11.4. The van der Waals surface area contributed by atoms with Gasteiger partial charge in [0.25, 0.3) is 5.69 Å². The van der Waals surface area contributed by atoms with E-state index < -0.39 is 4.92 Å². The topological polar surface area (TPSA) is 96.0 Å². The fourth-order valence-electron chi connectivity index (χ4n) is 1.12. The molecule has 17 heavy (non-hydrogen) atoms. The van der Waals surface area contributed by atoms with E-state index in [4.69, 9.17) is 5.26 Å². The lowest BCUT2D eigenvalue weighted by molar-refractivity contribution is -0.384. The standard InChI is InChI=1S/C11H11N3O3/c1-7(2)11(15)13-10-4-3-9(14(16)17)5-8(10)6-12/h3-5,7H,1-2H3,(H,13,15). The van der Waals surface area contributed by atoms with Crippen molar-refractivity contribution in [2.75, 3.05) is 5.32 Å². The molecule has 0 radical (unpaired) electrons. The van der Waals surface area contributed by atoms with Crippen molar-refractivity contribution in [3.8, 4) is 6.07 Å². The number of rotatable bonds is 3. The number of nitro benzene ring substituents is 1. The van der Waals surface area contributed by atoms with E-state index in [2.05, 4.69) is 5.32 Å². The highest BCUT2D eigenvalue weighted by atomic mass is 16.6. The zero-order valence-electron chi connectivity index (χ0n) is 9.43. The molecule has 0 saturated heterocycles. The Morgan fingerprint density at radius 2 is 2.18 bits per heavy atom. The number of nitrogens with one attached hydrogen (secondary N) is 1.